The number of Topliss-reactive ketones (excluding diaryl/α,β-unsaturated/α-hetero) is 1. The average Bonchev–Trinajstić information content (AvgIpc) is 3.30. The van der Waals surface area contributed by atoms with Crippen molar-refractivity contribution in [3.05, 3.63) is 40.9 Å². The van der Waals surface area contributed by atoms with Gasteiger partial charge in [0, 0.05) is 37.7 Å². The molecule has 2 N–H and O–H groups in total. The lowest BCUT2D eigenvalue weighted by atomic mass is 9.67. The topological polar surface area (TPSA) is 81.3 Å². The molecule has 7 heteroatoms. The number of hydrogen-bond donors (Lipinski definition) is 2. The Balaban J connectivity index is 1.30. The summed E-state index contributed by atoms with van der Waals surface area (Å²) in [6, 6.07) is 5.93. The lowest BCUT2D eigenvalue weighted by Crippen LogP contribution is -2.46. The fraction of sp³-hybridized carbons (Fsp3) is 0.522. The second-order valence-corrected chi connectivity index (χ2v) is 9.37. The fourth-order valence-electron chi connectivity index (χ4n) is 5.36. The highest BCUT2D eigenvalue weighted by Gasteiger charge is 2.45. The van der Waals surface area contributed by atoms with Gasteiger partial charge < -0.3 is 14.9 Å². The van der Waals surface area contributed by atoms with E-state index >= 15 is 0 Å². The number of H-pyrrole nitrogens is 1. The first-order chi connectivity index (χ1) is 14.3. The average molecular weight is 408 g/mol. The van der Waals surface area contributed by atoms with Gasteiger partial charge in [0.15, 0.2) is 5.78 Å². The zero-order valence-electron chi connectivity index (χ0n) is 17.9. The number of nitrogens with one attached hydrogen (secondary N) is 2. The van der Waals surface area contributed by atoms with Crippen LogP contribution in [0.1, 0.15) is 55.7 Å². The standard InChI is InChI=1S/C23H29N5O2/c1-14(2)28-21-17(13-24-28)11-23(12-20(21)29)6-8-27(9-7-23)22(30)16-4-5-18-19(10-16)26-15(3)25-18/h4-5,10,14,24H,6-9,11-13H2,1-3H3,(H,25,26). The van der Waals surface area contributed by atoms with Crippen LogP contribution in [-0.2, 0) is 4.79 Å². The number of amides is 1. The number of carbonyl (C=O) groups is 2. The number of fused-ring (bicyclic) bond motifs is 1. The summed E-state index contributed by atoms with van der Waals surface area (Å²) in [6.45, 7) is 8.30. The quantitative estimate of drug-likeness (QED) is 0.800. The normalized spacial score (nSPS) is 21.3. The van der Waals surface area contributed by atoms with Crippen molar-refractivity contribution in [2.45, 2.75) is 52.5 Å². The minimum absolute atomic E-state index is 0.00576. The molecule has 0 atom stereocenters. The van der Waals surface area contributed by atoms with Gasteiger partial charge in [-0.05, 0) is 69.2 Å². The van der Waals surface area contributed by atoms with Crippen LogP contribution < -0.4 is 5.43 Å². The molecule has 1 saturated heterocycles. The monoisotopic (exact) mass is 407 g/mol. The van der Waals surface area contributed by atoms with Crippen LogP contribution in [0.5, 0.6) is 0 Å². The summed E-state index contributed by atoms with van der Waals surface area (Å²) in [7, 11) is 0. The summed E-state index contributed by atoms with van der Waals surface area (Å²) in [5.41, 5.74) is 8.01. The number of hydrogen-bond acceptors (Lipinski definition) is 5. The molecular formula is C23H29N5O2. The molecule has 0 bridgehead atoms. The number of benzene rings is 1. The summed E-state index contributed by atoms with van der Waals surface area (Å²) >= 11 is 0. The molecule has 5 rings (SSSR count). The number of hydrazine groups is 1. The van der Waals surface area contributed by atoms with Gasteiger partial charge in [-0.15, -0.1) is 0 Å². The van der Waals surface area contributed by atoms with Crippen LogP contribution >= 0.6 is 0 Å². The van der Waals surface area contributed by atoms with Crippen LogP contribution in [0.25, 0.3) is 11.0 Å². The van der Waals surface area contributed by atoms with Crippen LogP contribution in [0.2, 0.25) is 0 Å². The first-order valence-electron chi connectivity index (χ1n) is 10.9. The summed E-state index contributed by atoms with van der Waals surface area (Å²) in [4.78, 5) is 35.6. The van der Waals surface area contributed by atoms with E-state index in [1.54, 1.807) is 0 Å². The van der Waals surface area contributed by atoms with Gasteiger partial charge in [0.05, 0.1) is 16.7 Å². The molecular weight excluding hydrogens is 378 g/mol. The summed E-state index contributed by atoms with van der Waals surface area (Å²) < 4.78 is 0. The van der Waals surface area contributed by atoms with E-state index in [1.165, 1.54) is 5.57 Å². The highest BCUT2D eigenvalue weighted by Crippen LogP contribution is 2.47. The van der Waals surface area contributed by atoms with Gasteiger partial charge in [0.25, 0.3) is 5.91 Å². The Kier molecular flexibility index (Phi) is 4.47. The van der Waals surface area contributed by atoms with Crippen molar-refractivity contribution >= 4 is 22.7 Å². The molecule has 0 radical (unpaired) electrons. The van der Waals surface area contributed by atoms with Crippen LogP contribution in [0.3, 0.4) is 0 Å². The molecule has 158 valence electrons. The molecule has 1 fully saturated rings. The van der Waals surface area contributed by atoms with E-state index < -0.39 is 0 Å². The van der Waals surface area contributed by atoms with Gasteiger partial charge in [-0.2, -0.15) is 0 Å². The fourth-order valence-corrected chi connectivity index (χ4v) is 5.36. The number of imidazole rings is 1. The maximum absolute atomic E-state index is 13.1. The Morgan fingerprint density at radius 1 is 1.20 bits per heavy atom. The first-order valence-corrected chi connectivity index (χ1v) is 10.9. The zero-order valence-corrected chi connectivity index (χ0v) is 17.9. The summed E-state index contributed by atoms with van der Waals surface area (Å²) in [5, 5.41) is 2.04. The van der Waals surface area contributed by atoms with Crippen molar-refractivity contribution in [3.8, 4) is 0 Å². The molecule has 1 spiro atoms. The number of aromatic nitrogens is 2. The van der Waals surface area contributed by atoms with Gasteiger partial charge in [0.2, 0.25) is 0 Å². The number of rotatable bonds is 2. The molecule has 1 aromatic heterocycles. The van der Waals surface area contributed by atoms with Crippen molar-refractivity contribution in [2.75, 3.05) is 19.6 Å². The van der Waals surface area contributed by atoms with Gasteiger partial charge in [0.1, 0.15) is 5.82 Å². The highest BCUT2D eigenvalue weighted by molar-refractivity contribution is 5.98. The number of likely N-dealkylation sites (tertiary alicyclic amines) is 1. The first kappa shape index (κ1) is 19.3. The maximum atomic E-state index is 13.1. The molecule has 30 heavy (non-hydrogen) atoms. The number of aromatic amines is 1. The third-order valence-corrected chi connectivity index (χ3v) is 6.90. The minimum Gasteiger partial charge on any atom is -0.342 e. The molecule has 3 heterocycles. The summed E-state index contributed by atoms with van der Waals surface area (Å²) in [5.74, 6) is 1.17. The Morgan fingerprint density at radius 2 is 1.97 bits per heavy atom. The van der Waals surface area contributed by atoms with Crippen molar-refractivity contribution in [1.29, 1.82) is 0 Å². The Bertz CT molecular complexity index is 1060. The van der Waals surface area contributed by atoms with E-state index in [1.807, 2.05) is 35.0 Å². The molecule has 7 nitrogen and oxygen atoms in total. The lowest BCUT2D eigenvalue weighted by Gasteiger charge is -2.44. The smallest absolute Gasteiger partial charge is 0.253 e. The lowest BCUT2D eigenvalue weighted by molar-refractivity contribution is -0.121. The van der Waals surface area contributed by atoms with Crippen LogP contribution in [-0.4, -0.2) is 57.2 Å². The largest absolute Gasteiger partial charge is 0.342 e. The molecule has 0 unspecified atom stereocenters. The van der Waals surface area contributed by atoms with Crippen LogP contribution in [0.4, 0.5) is 0 Å². The van der Waals surface area contributed by atoms with Crippen molar-refractivity contribution < 1.29 is 9.59 Å². The second-order valence-electron chi connectivity index (χ2n) is 9.37. The maximum Gasteiger partial charge on any atom is 0.253 e. The van der Waals surface area contributed by atoms with E-state index in [9.17, 15) is 9.59 Å². The minimum atomic E-state index is 0.00576. The molecule has 2 aliphatic heterocycles. The third-order valence-electron chi connectivity index (χ3n) is 6.90. The number of piperidine rings is 1. The molecule has 0 saturated carbocycles. The van der Waals surface area contributed by atoms with Crippen LogP contribution in [0.15, 0.2) is 29.5 Å². The summed E-state index contributed by atoms with van der Waals surface area (Å²) in [6.07, 6.45) is 3.33. The zero-order chi connectivity index (χ0) is 21.0. The molecule has 2 aromatic rings. The molecule has 1 aromatic carbocycles. The SMILES string of the molecule is Cc1nc2ccc(C(=O)N3CCC4(CC3)CC(=O)C3=C(CNN3C(C)C)C4)cc2[nH]1. The van der Waals surface area contributed by atoms with E-state index in [-0.39, 0.29) is 23.1 Å². The number of allylic oxidation sites excluding steroid dienone is 1. The Hall–Kier alpha value is -2.67. The predicted molar refractivity (Wildman–Crippen MR) is 115 cm³/mol. The van der Waals surface area contributed by atoms with Crippen molar-refractivity contribution in [2.24, 2.45) is 5.41 Å². The van der Waals surface area contributed by atoms with E-state index in [4.69, 9.17) is 0 Å². The van der Waals surface area contributed by atoms with E-state index in [2.05, 4.69) is 29.2 Å². The Labute approximate surface area is 176 Å². The molecule has 3 aliphatic rings. The van der Waals surface area contributed by atoms with Gasteiger partial charge in [-0.25, -0.2) is 10.4 Å². The number of ketones is 1. The van der Waals surface area contributed by atoms with Gasteiger partial charge in [-0.1, -0.05) is 0 Å². The predicted octanol–water partition coefficient (Wildman–Crippen LogP) is 2.94. The van der Waals surface area contributed by atoms with E-state index in [0.29, 0.717) is 25.1 Å². The van der Waals surface area contributed by atoms with Crippen molar-refractivity contribution in [1.82, 2.24) is 25.3 Å². The highest BCUT2D eigenvalue weighted by atomic mass is 16.2. The Morgan fingerprint density at radius 3 is 2.70 bits per heavy atom. The van der Waals surface area contributed by atoms with Gasteiger partial charge in [-0.3, -0.25) is 9.59 Å². The number of carbonyl (C=O) groups excluding carboxylic acids is 2. The number of aryl methyl sites for hydroxylation is 1. The van der Waals surface area contributed by atoms with Gasteiger partial charge >= 0.3 is 0 Å². The van der Waals surface area contributed by atoms with Crippen molar-refractivity contribution in [3.63, 3.8) is 0 Å². The second kappa shape index (κ2) is 6.94. The number of nitrogens with zero attached hydrogens (tertiary/aromatic N) is 3. The van der Waals surface area contributed by atoms with E-state index in [0.717, 1.165) is 48.4 Å². The third kappa shape index (κ3) is 3.12. The molecule has 1 aliphatic carbocycles. The molecule has 1 amide bonds. The van der Waals surface area contributed by atoms with Crippen LogP contribution in [0, 0.1) is 12.3 Å².